The summed E-state index contributed by atoms with van der Waals surface area (Å²) in [5.41, 5.74) is 0. The average Bonchev–Trinajstić information content (AvgIpc) is 0. The van der Waals surface area contributed by atoms with Crippen molar-refractivity contribution in [3.05, 3.63) is 0 Å². The fraction of sp³-hybridized carbons (Fsp3) is 0. The molecule has 0 spiro atoms. The van der Waals surface area contributed by atoms with Crippen LogP contribution < -0.4 is 0 Å². The van der Waals surface area contributed by atoms with Gasteiger partial charge >= 0.3 is 308 Å². The van der Waals surface area contributed by atoms with Gasteiger partial charge in [0.05, 0.1) is 0 Å². The second-order valence-corrected chi connectivity index (χ2v) is 0. The number of rotatable bonds is 0. The second-order valence-electron chi connectivity index (χ2n) is 0. The zero-order valence-corrected chi connectivity index (χ0v) is 2.12. The van der Waals surface area contributed by atoms with Crippen molar-refractivity contribution in [2.24, 2.45) is 0 Å². The van der Waals surface area contributed by atoms with Gasteiger partial charge in [0.2, 0.25) is 0 Å². The van der Waals surface area contributed by atoms with Crippen LogP contribution in [-0.2, 0) is 0 Å². The summed E-state index contributed by atoms with van der Waals surface area (Å²) in [5, 5.41) is 0. The minimum atomic E-state index is 0. The molecule has 0 bridgehead atoms. The Balaban J connectivity index is 0. The summed E-state index contributed by atoms with van der Waals surface area (Å²) in [7, 11) is 0. The van der Waals surface area contributed by atoms with E-state index >= 15 is 0 Å². The van der Waals surface area contributed by atoms with E-state index in [9.17, 15) is 0 Å². The summed E-state index contributed by atoms with van der Waals surface area (Å²) in [6, 6.07) is 0. The molecule has 0 saturated carbocycles. The summed E-state index contributed by atoms with van der Waals surface area (Å²) in [5.74, 6) is 0. The van der Waals surface area contributed by atoms with Gasteiger partial charge in [0, 0.05) is 0 Å². The molecule has 0 heterocycles. The van der Waals surface area contributed by atoms with E-state index in [1.54, 1.807) is 0 Å². The molecule has 0 aliphatic heterocycles. The topological polar surface area (TPSA) is 0 Å². The molecule has 0 aromatic heterocycles. The van der Waals surface area contributed by atoms with E-state index in [0.717, 1.165) is 0 Å². The molecule has 0 aliphatic rings. The molecule has 0 rings (SSSR count). The van der Waals surface area contributed by atoms with Crippen LogP contribution in [0.4, 0.5) is 0 Å². The van der Waals surface area contributed by atoms with Crippen LogP contribution in [0, 0.1) is 0 Å². The van der Waals surface area contributed by atoms with Gasteiger partial charge in [-0.2, -0.15) is 9.90 Å². The SMILES string of the molecule is P.[KH].[KH].[KH].[KH].[KH].[KH]. The monoisotopic (exact) mass is 274 g/mol. The Morgan fingerprint density at radius 2 is 0.286 bits per heavy atom. The minimum absolute atomic E-state index is 0. The van der Waals surface area contributed by atoms with E-state index in [1.807, 2.05) is 0 Å². The van der Waals surface area contributed by atoms with E-state index < -0.39 is 0 Å². The van der Waals surface area contributed by atoms with E-state index in [2.05, 4.69) is 0 Å². The second kappa shape index (κ2) is 36.0. The first-order valence-electron chi connectivity index (χ1n) is 0. The van der Waals surface area contributed by atoms with Gasteiger partial charge in [-0.25, -0.2) is 0 Å². The van der Waals surface area contributed by atoms with Crippen LogP contribution in [0.3, 0.4) is 0 Å². The molecule has 0 N–H and O–H groups in total. The molecule has 0 saturated heterocycles. The first kappa shape index (κ1) is 43.4. The molecule has 0 amide bonds. The van der Waals surface area contributed by atoms with Crippen molar-refractivity contribution < 1.29 is 0 Å². The molecule has 0 nitrogen and oxygen atoms in total. The van der Waals surface area contributed by atoms with Gasteiger partial charge in [-0.1, -0.05) is 0 Å². The zero-order valence-electron chi connectivity index (χ0n) is 0.707. The van der Waals surface area contributed by atoms with Crippen LogP contribution in [0.2, 0.25) is 0 Å². The van der Waals surface area contributed by atoms with Gasteiger partial charge in [-0.05, 0) is 0 Å². The van der Waals surface area contributed by atoms with Crippen molar-refractivity contribution in [1.29, 1.82) is 0 Å². The molecule has 1 unspecified atom stereocenters. The van der Waals surface area contributed by atoms with E-state index in [0.29, 0.717) is 0 Å². The van der Waals surface area contributed by atoms with E-state index in [4.69, 9.17) is 0 Å². The van der Waals surface area contributed by atoms with Gasteiger partial charge in [-0.3, -0.25) is 0 Å². The van der Waals surface area contributed by atoms with Crippen molar-refractivity contribution in [2.45, 2.75) is 0 Å². The molecule has 1 atom stereocenters. The summed E-state index contributed by atoms with van der Waals surface area (Å²) in [6.07, 6.45) is 0. The maximum absolute atomic E-state index is 0. The molecular weight excluding hydrogens is 266 g/mol. The summed E-state index contributed by atoms with van der Waals surface area (Å²) < 4.78 is 0. The summed E-state index contributed by atoms with van der Waals surface area (Å²) in [4.78, 5) is 0. The predicted molar refractivity (Wildman–Crippen MR) is 54.0 cm³/mol. The van der Waals surface area contributed by atoms with Gasteiger partial charge in [0.1, 0.15) is 0 Å². The van der Waals surface area contributed by atoms with Crippen LogP contribution >= 0.6 is 9.90 Å². The predicted octanol–water partition coefficient (Wildman–Crippen LogP) is -3.83. The summed E-state index contributed by atoms with van der Waals surface area (Å²) >= 11 is 0. The van der Waals surface area contributed by atoms with Gasteiger partial charge in [-0.15, -0.1) is 0 Å². The Hall–Kier alpha value is 10.2. The molecular formula is H9K6P. The van der Waals surface area contributed by atoms with Gasteiger partial charge in [0.15, 0.2) is 0 Å². The summed E-state index contributed by atoms with van der Waals surface area (Å²) in [6.45, 7) is 0. The first-order chi connectivity index (χ1) is 0. The van der Waals surface area contributed by atoms with E-state index in [1.165, 1.54) is 0 Å². The molecule has 0 aromatic rings. The van der Waals surface area contributed by atoms with Crippen LogP contribution in [0.25, 0.3) is 0 Å². The van der Waals surface area contributed by atoms with Crippen molar-refractivity contribution in [3.8, 4) is 0 Å². The third kappa shape index (κ3) is 31.4. The van der Waals surface area contributed by atoms with Crippen molar-refractivity contribution in [2.75, 3.05) is 0 Å². The number of hydrogen-bond acceptors (Lipinski definition) is 0. The Labute approximate surface area is 305 Å². The number of hydrogen-bond donors (Lipinski definition) is 0. The fourth-order valence-corrected chi connectivity index (χ4v) is 0. The van der Waals surface area contributed by atoms with Crippen molar-refractivity contribution >= 4 is 318 Å². The Morgan fingerprint density at radius 1 is 0.286 bits per heavy atom. The van der Waals surface area contributed by atoms with Crippen molar-refractivity contribution in [3.63, 3.8) is 0 Å². The molecule has 0 radical (unpaired) electrons. The zero-order chi connectivity index (χ0) is 0. The molecule has 7 heavy (non-hydrogen) atoms. The Bertz CT molecular complexity index is 4.14. The van der Waals surface area contributed by atoms with Crippen LogP contribution in [0.1, 0.15) is 0 Å². The normalized spacial score (nSPS) is 0. The van der Waals surface area contributed by atoms with E-state index in [-0.39, 0.29) is 318 Å². The van der Waals surface area contributed by atoms with Gasteiger partial charge in [0.25, 0.3) is 0 Å². The molecule has 7 heteroatoms. The Kier molecular flexibility index (Phi) is 223. The van der Waals surface area contributed by atoms with Crippen LogP contribution in [0.5, 0.6) is 0 Å². The quantitative estimate of drug-likeness (QED) is 0.314. The third-order valence-electron chi connectivity index (χ3n) is 0. The molecule has 20 valence electrons. The molecule has 0 aromatic carbocycles. The average molecular weight is 275 g/mol. The third-order valence-corrected chi connectivity index (χ3v) is 0. The van der Waals surface area contributed by atoms with Crippen molar-refractivity contribution in [1.82, 2.24) is 0 Å². The first-order valence-corrected chi connectivity index (χ1v) is 0. The Morgan fingerprint density at radius 3 is 0.286 bits per heavy atom. The van der Waals surface area contributed by atoms with Gasteiger partial charge < -0.3 is 0 Å². The van der Waals surface area contributed by atoms with Crippen LogP contribution in [-0.4, -0.2) is 308 Å². The maximum atomic E-state index is 0. The molecule has 0 fully saturated rings. The molecule has 0 aliphatic carbocycles. The van der Waals surface area contributed by atoms with Crippen LogP contribution in [0.15, 0.2) is 0 Å². The standard InChI is InChI=1S/6K.H3P.6H/h;;;;;;1H3;;;;;;. The fourth-order valence-electron chi connectivity index (χ4n) is 0.